The Labute approximate surface area is 98.6 Å². The third-order valence-corrected chi connectivity index (χ3v) is 3.75. The van der Waals surface area contributed by atoms with Crippen LogP contribution in [0, 0.1) is 11.3 Å². The van der Waals surface area contributed by atoms with E-state index in [1.807, 2.05) is 6.07 Å². The van der Waals surface area contributed by atoms with E-state index in [-0.39, 0.29) is 11.3 Å². The number of hydrogen-bond donors (Lipinski definition) is 2. The van der Waals surface area contributed by atoms with E-state index in [0.717, 1.165) is 6.92 Å². The van der Waals surface area contributed by atoms with Crippen LogP contribution < -0.4 is 4.72 Å². The Bertz CT molecular complexity index is 574. The summed E-state index contributed by atoms with van der Waals surface area (Å²) >= 11 is 0. The fourth-order valence-electron chi connectivity index (χ4n) is 1.04. The monoisotopic (exact) mass is 254 g/mol. The number of benzene rings is 1. The summed E-state index contributed by atoms with van der Waals surface area (Å²) in [5, 5.41) is 15.8. The van der Waals surface area contributed by atoms with Crippen molar-refractivity contribution in [3.05, 3.63) is 29.8 Å². The van der Waals surface area contributed by atoms with Gasteiger partial charge in [-0.3, -0.25) is 9.52 Å². The minimum Gasteiger partial charge on any atom is -0.480 e. The van der Waals surface area contributed by atoms with E-state index in [2.05, 4.69) is 4.72 Å². The Morgan fingerprint density at radius 2 is 2.06 bits per heavy atom. The van der Waals surface area contributed by atoms with Gasteiger partial charge < -0.3 is 5.11 Å². The van der Waals surface area contributed by atoms with Crippen molar-refractivity contribution in [3.8, 4) is 6.07 Å². The van der Waals surface area contributed by atoms with Crippen molar-refractivity contribution in [3.63, 3.8) is 0 Å². The SMILES string of the molecule is CC(C(=O)O)S(=O)(=O)Nc1ccccc1C#N. The van der Waals surface area contributed by atoms with Crippen LogP contribution in [0.4, 0.5) is 5.69 Å². The van der Waals surface area contributed by atoms with Crippen LogP contribution in [-0.2, 0) is 14.8 Å². The molecule has 0 spiro atoms. The van der Waals surface area contributed by atoms with Crippen LogP contribution in [0.2, 0.25) is 0 Å². The van der Waals surface area contributed by atoms with Gasteiger partial charge in [0.25, 0.3) is 0 Å². The van der Waals surface area contributed by atoms with Gasteiger partial charge in [0.15, 0.2) is 5.25 Å². The number of para-hydroxylation sites is 1. The second kappa shape index (κ2) is 4.84. The summed E-state index contributed by atoms with van der Waals surface area (Å²) in [6.45, 7) is 1.06. The maximum Gasteiger partial charge on any atom is 0.323 e. The zero-order chi connectivity index (χ0) is 13.1. The molecule has 0 aliphatic heterocycles. The predicted octanol–water partition coefficient (Wildman–Crippen LogP) is 0.773. The van der Waals surface area contributed by atoms with Gasteiger partial charge in [0.1, 0.15) is 6.07 Å². The Morgan fingerprint density at radius 1 is 1.47 bits per heavy atom. The summed E-state index contributed by atoms with van der Waals surface area (Å²) in [6, 6.07) is 7.77. The molecule has 0 amide bonds. The minimum absolute atomic E-state index is 0.0723. The highest BCUT2D eigenvalue weighted by molar-refractivity contribution is 7.94. The average molecular weight is 254 g/mol. The first-order chi connectivity index (χ1) is 7.88. The fourth-order valence-corrected chi connectivity index (χ4v) is 1.97. The van der Waals surface area contributed by atoms with Gasteiger partial charge in [-0.2, -0.15) is 5.26 Å². The van der Waals surface area contributed by atoms with Crippen molar-refractivity contribution >= 4 is 21.7 Å². The third-order valence-electron chi connectivity index (χ3n) is 2.11. The largest absolute Gasteiger partial charge is 0.480 e. The molecule has 17 heavy (non-hydrogen) atoms. The molecule has 2 N–H and O–H groups in total. The number of sulfonamides is 1. The quantitative estimate of drug-likeness (QED) is 0.825. The minimum atomic E-state index is -4.05. The first kappa shape index (κ1) is 13.0. The molecule has 0 heterocycles. The van der Waals surface area contributed by atoms with E-state index in [1.54, 1.807) is 12.1 Å². The predicted molar refractivity (Wildman–Crippen MR) is 60.8 cm³/mol. The topological polar surface area (TPSA) is 107 Å². The van der Waals surface area contributed by atoms with Gasteiger partial charge in [-0.05, 0) is 19.1 Å². The molecule has 0 fully saturated rings. The molecule has 0 bridgehead atoms. The van der Waals surface area contributed by atoms with Gasteiger partial charge in [-0.15, -0.1) is 0 Å². The number of nitrogens with zero attached hydrogens (tertiary/aromatic N) is 1. The van der Waals surface area contributed by atoms with E-state index in [1.165, 1.54) is 12.1 Å². The number of aliphatic carboxylic acids is 1. The molecule has 7 heteroatoms. The van der Waals surface area contributed by atoms with E-state index in [4.69, 9.17) is 10.4 Å². The third kappa shape index (κ3) is 2.95. The summed E-state index contributed by atoms with van der Waals surface area (Å²) in [5.41, 5.74) is 0.205. The van der Waals surface area contributed by atoms with Gasteiger partial charge in [0.2, 0.25) is 10.0 Å². The van der Waals surface area contributed by atoms with Crippen LogP contribution in [0.5, 0.6) is 0 Å². The Hall–Kier alpha value is -2.07. The number of anilines is 1. The summed E-state index contributed by atoms with van der Waals surface area (Å²) in [7, 11) is -4.05. The molecule has 1 aromatic carbocycles. The lowest BCUT2D eigenvalue weighted by Gasteiger charge is -2.11. The molecule has 1 unspecified atom stereocenters. The fraction of sp³-hybridized carbons (Fsp3) is 0.200. The maximum absolute atomic E-state index is 11.6. The van der Waals surface area contributed by atoms with Gasteiger partial charge >= 0.3 is 5.97 Å². The summed E-state index contributed by atoms with van der Waals surface area (Å²) in [4.78, 5) is 10.6. The first-order valence-electron chi connectivity index (χ1n) is 4.62. The molecule has 0 radical (unpaired) electrons. The number of carbonyl (C=O) groups is 1. The Kier molecular flexibility index (Phi) is 3.70. The number of nitrogens with one attached hydrogen (secondary N) is 1. The van der Waals surface area contributed by atoms with Gasteiger partial charge in [-0.25, -0.2) is 8.42 Å². The molecule has 0 saturated carbocycles. The van der Waals surface area contributed by atoms with Gasteiger partial charge in [0.05, 0.1) is 11.3 Å². The smallest absolute Gasteiger partial charge is 0.323 e. The zero-order valence-electron chi connectivity index (χ0n) is 8.91. The molecule has 0 aliphatic carbocycles. The van der Waals surface area contributed by atoms with Crippen molar-refractivity contribution in [1.82, 2.24) is 0 Å². The summed E-state index contributed by atoms with van der Waals surface area (Å²) in [5.74, 6) is -1.45. The molecule has 0 aromatic heterocycles. The summed E-state index contributed by atoms with van der Waals surface area (Å²) < 4.78 is 25.3. The second-order valence-electron chi connectivity index (χ2n) is 3.28. The maximum atomic E-state index is 11.6. The van der Waals surface area contributed by atoms with Crippen LogP contribution in [-0.4, -0.2) is 24.7 Å². The Morgan fingerprint density at radius 3 is 2.59 bits per heavy atom. The van der Waals surface area contributed by atoms with Crippen molar-refractivity contribution in [2.75, 3.05) is 4.72 Å². The summed E-state index contributed by atoms with van der Waals surface area (Å²) in [6.07, 6.45) is 0. The van der Waals surface area contributed by atoms with Crippen LogP contribution in [0.25, 0.3) is 0 Å². The van der Waals surface area contributed by atoms with Crippen molar-refractivity contribution in [2.24, 2.45) is 0 Å². The normalized spacial score (nSPS) is 12.5. The van der Waals surface area contributed by atoms with Crippen molar-refractivity contribution in [1.29, 1.82) is 5.26 Å². The molecule has 90 valence electrons. The van der Waals surface area contributed by atoms with Gasteiger partial charge in [-0.1, -0.05) is 12.1 Å². The Balaban J connectivity index is 3.07. The lowest BCUT2D eigenvalue weighted by atomic mass is 10.2. The lowest BCUT2D eigenvalue weighted by molar-refractivity contribution is -0.136. The molecule has 0 aliphatic rings. The molecule has 1 rings (SSSR count). The number of rotatable bonds is 4. The van der Waals surface area contributed by atoms with Crippen molar-refractivity contribution in [2.45, 2.75) is 12.2 Å². The molecular formula is C10H10N2O4S. The molecular weight excluding hydrogens is 244 g/mol. The number of nitriles is 1. The number of carboxylic acids is 1. The molecule has 1 aromatic rings. The second-order valence-corrected chi connectivity index (χ2v) is 5.29. The highest BCUT2D eigenvalue weighted by atomic mass is 32.2. The van der Waals surface area contributed by atoms with Crippen LogP contribution in [0.3, 0.4) is 0 Å². The van der Waals surface area contributed by atoms with Crippen LogP contribution in [0.15, 0.2) is 24.3 Å². The average Bonchev–Trinajstić information content (AvgIpc) is 2.28. The van der Waals surface area contributed by atoms with Crippen LogP contribution in [0.1, 0.15) is 12.5 Å². The van der Waals surface area contributed by atoms with Gasteiger partial charge in [0, 0.05) is 0 Å². The van der Waals surface area contributed by atoms with Crippen LogP contribution >= 0.6 is 0 Å². The highest BCUT2D eigenvalue weighted by Crippen LogP contribution is 2.16. The number of carboxylic acid groups (broad SMARTS) is 1. The zero-order valence-corrected chi connectivity index (χ0v) is 9.73. The number of hydrogen-bond acceptors (Lipinski definition) is 4. The highest BCUT2D eigenvalue weighted by Gasteiger charge is 2.28. The van der Waals surface area contributed by atoms with E-state index in [0.29, 0.717) is 0 Å². The molecule has 0 saturated heterocycles. The van der Waals surface area contributed by atoms with E-state index >= 15 is 0 Å². The molecule has 6 nitrogen and oxygen atoms in total. The van der Waals surface area contributed by atoms with E-state index in [9.17, 15) is 13.2 Å². The standard InChI is InChI=1S/C10H10N2O4S/c1-7(10(13)14)17(15,16)12-9-5-3-2-4-8(9)6-11/h2-5,7,12H,1H3,(H,13,14). The lowest BCUT2D eigenvalue weighted by Crippen LogP contribution is -2.32. The molecule has 1 atom stereocenters. The van der Waals surface area contributed by atoms with Crippen molar-refractivity contribution < 1.29 is 18.3 Å². The first-order valence-corrected chi connectivity index (χ1v) is 6.16. The van der Waals surface area contributed by atoms with E-state index < -0.39 is 21.2 Å².